The lowest BCUT2D eigenvalue weighted by Gasteiger charge is -2.37. The van der Waals surface area contributed by atoms with Crippen LogP contribution < -0.4 is 0 Å². The highest BCUT2D eigenvalue weighted by Gasteiger charge is 2.52. The van der Waals surface area contributed by atoms with E-state index in [-0.39, 0.29) is 5.54 Å². The molecule has 1 saturated heterocycles. The van der Waals surface area contributed by atoms with Gasteiger partial charge in [-0.15, -0.1) is 0 Å². The summed E-state index contributed by atoms with van der Waals surface area (Å²) in [4.78, 5) is 9.95. The van der Waals surface area contributed by atoms with Gasteiger partial charge in [-0.05, 0) is 29.3 Å². The van der Waals surface area contributed by atoms with Crippen LogP contribution in [0.4, 0.5) is 0 Å². The number of aliphatic imine (C=N–C) groups is 1. The van der Waals surface area contributed by atoms with Crippen molar-refractivity contribution in [2.75, 3.05) is 19.6 Å². The molecule has 2 aromatic carbocycles. The molecule has 3 aliphatic rings. The molecule has 4 heterocycles. The summed E-state index contributed by atoms with van der Waals surface area (Å²) in [5.41, 5.74) is 5.31. The number of guanidine groups is 1. The van der Waals surface area contributed by atoms with Gasteiger partial charge in [0.15, 0.2) is 5.96 Å². The average molecular weight is 354 g/mol. The highest BCUT2D eigenvalue weighted by Crippen LogP contribution is 2.44. The van der Waals surface area contributed by atoms with Gasteiger partial charge in [0.2, 0.25) is 0 Å². The van der Waals surface area contributed by atoms with Crippen LogP contribution in [0.15, 0.2) is 77.9 Å². The third-order valence-corrected chi connectivity index (χ3v) is 6.26. The van der Waals surface area contributed by atoms with Crippen molar-refractivity contribution in [2.45, 2.75) is 18.5 Å². The smallest absolute Gasteiger partial charge is 0.197 e. The average Bonchev–Trinajstić information content (AvgIpc) is 3.39. The minimum atomic E-state index is -0.0941. The molecule has 27 heavy (non-hydrogen) atoms. The van der Waals surface area contributed by atoms with E-state index in [1.165, 1.54) is 28.5 Å². The molecule has 1 unspecified atom stereocenters. The van der Waals surface area contributed by atoms with E-state index < -0.39 is 0 Å². The molecule has 1 atom stereocenters. The molecule has 6 rings (SSSR count). The Morgan fingerprint density at radius 3 is 2.70 bits per heavy atom. The molecular weight excluding hydrogens is 332 g/mol. The van der Waals surface area contributed by atoms with E-state index in [2.05, 4.69) is 87.3 Å². The minimum absolute atomic E-state index is 0.0941. The summed E-state index contributed by atoms with van der Waals surface area (Å²) in [5.74, 6) is 1.18. The van der Waals surface area contributed by atoms with Crippen molar-refractivity contribution in [2.24, 2.45) is 4.99 Å². The van der Waals surface area contributed by atoms with Crippen LogP contribution in [0, 0.1) is 0 Å². The Kier molecular flexibility index (Phi) is 3.07. The molecule has 3 aliphatic heterocycles. The van der Waals surface area contributed by atoms with Gasteiger partial charge in [-0.1, -0.05) is 48.5 Å². The Hall–Kier alpha value is -3.01. The van der Waals surface area contributed by atoms with Crippen molar-refractivity contribution in [3.8, 4) is 5.69 Å². The molecule has 0 spiro atoms. The number of aromatic nitrogens is 1. The lowest BCUT2D eigenvalue weighted by molar-refractivity contribution is 0.185. The van der Waals surface area contributed by atoms with Crippen molar-refractivity contribution in [3.63, 3.8) is 0 Å². The summed E-state index contributed by atoms with van der Waals surface area (Å²) in [6, 6.07) is 24.2. The number of para-hydroxylation sites is 1. The second-order valence-electron chi connectivity index (χ2n) is 7.78. The summed E-state index contributed by atoms with van der Waals surface area (Å²) in [7, 11) is 0. The lowest BCUT2D eigenvalue weighted by atomic mass is 9.86. The third-order valence-electron chi connectivity index (χ3n) is 6.26. The summed E-state index contributed by atoms with van der Waals surface area (Å²) >= 11 is 0. The van der Waals surface area contributed by atoms with Gasteiger partial charge in [0, 0.05) is 25.7 Å². The Balaban J connectivity index is 1.60. The molecular formula is C23H22N4. The van der Waals surface area contributed by atoms with E-state index in [9.17, 15) is 0 Å². The van der Waals surface area contributed by atoms with Crippen molar-refractivity contribution in [3.05, 3.63) is 89.7 Å². The molecule has 0 N–H and O–H groups in total. The second kappa shape index (κ2) is 5.49. The van der Waals surface area contributed by atoms with E-state index in [1.807, 2.05) is 0 Å². The Labute approximate surface area is 159 Å². The molecule has 134 valence electrons. The highest BCUT2D eigenvalue weighted by molar-refractivity contribution is 5.85. The lowest BCUT2D eigenvalue weighted by Crippen LogP contribution is -2.46. The molecule has 4 nitrogen and oxygen atoms in total. The van der Waals surface area contributed by atoms with Gasteiger partial charge >= 0.3 is 0 Å². The van der Waals surface area contributed by atoms with Crippen LogP contribution in [0.5, 0.6) is 0 Å². The van der Waals surface area contributed by atoms with E-state index in [0.29, 0.717) is 0 Å². The van der Waals surface area contributed by atoms with E-state index in [1.54, 1.807) is 0 Å². The maximum atomic E-state index is 4.90. The maximum Gasteiger partial charge on any atom is 0.197 e. The van der Waals surface area contributed by atoms with Gasteiger partial charge in [-0.3, -0.25) is 4.99 Å². The molecule has 3 aromatic rings. The van der Waals surface area contributed by atoms with Crippen molar-refractivity contribution < 1.29 is 0 Å². The van der Waals surface area contributed by atoms with Crippen LogP contribution in [0.1, 0.15) is 16.8 Å². The predicted octanol–water partition coefficient (Wildman–Crippen LogP) is 3.42. The van der Waals surface area contributed by atoms with Gasteiger partial charge in [-0.25, -0.2) is 0 Å². The Morgan fingerprint density at radius 2 is 1.78 bits per heavy atom. The molecule has 0 amide bonds. The first-order valence-corrected chi connectivity index (χ1v) is 9.72. The first-order chi connectivity index (χ1) is 13.4. The van der Waals surface area contributed by atoms with Gasteiger partial charge in [0.25, 0.3) is 0 Å². The normalized spacial score (nSPS) is 22.6. The van der Waals surface area contributed by atoms with Crippen LogP contribution in [0.25, 0.3) is 5.69 Å². The molecule has 4 heteroatoms. The Morgan fingerprint density at radius 1 is 0.926 bits per heavy atom. The fraction of sp³-hybridized carbons (Fsp3) is 0.261. The van der Waals surface area contributed by atoms with Crippen LogP contribution in [-0.2, 0) is 18.5 Å². The number of benzene rings is 2. The number of fused-ring (bicyclic) bond motifs is 7. The highest BCUT2D eigenvalue weighted by atomic mass is 15.5. The van der Waals surface area contributed by atoms with Crippen molar-refractivity contribution in [1.82, 2.24) is 14.4 Å². The summed E-state index contributed by atoms with van der Waals surface area (Å²) in [5, 5.41) is 0. The molecule has 1 aromatic heterocycles. The first-order valence-electron chi connectivity index (χ1n) is 9.72. The van der Waals surface area contributed by atoms with Crippen LogP contribution in [0.2, 0.25) is 0 Å². The molecule has 1 fully saturated rings. The number of hydrogen-bond donors (Lipinski definition) is 0. The van der Waals surface area contributed by atoms with Gasteiger partial charge in [0.1, 0.15) is 5.54 Å². The largest absolute Gasteiger partial charge is 0.338 e. The zero-order valence-corrected chi connectivity index (χ0v) is 15.3. The van der Waals surface area contributed by atoms with Gasteiger partial charge < -0.3 is 14.4 Å². The fourth-order valence-corrected chi connectivity index (χ4v) is 5.11. The monoisotopic (exact) mass is 354 g/mol. The number of rotatable bonds is 2. The van der Waals surface area contributed by atoms with Gasteiger partial charge in [-0.2, -0.15) is 0 Å². The number of hydrogen-bond acceptors (Lipinski definition) is 3. The fourth-order valence-electron chi connectivity index (χ4n) is 5.11. The molecule has 0 radical (unpaired) electrons. The molecule has 0 saturated carbocycles. The van der Waals surface area contributed by atoms with Crippen LogP contribution in [-0.4, -0.2) is 40.0 Å². The minimum Gasteiger partial charge on any atom is -0.338 e. The van der Waals surface area contributed by atoms with Crippen LogP contribution in [0.3, 0.4) is 0 Å². The topological polar surface area (TPSA) is 23.8 Å². The van der Waals surface area contributed by atoms with Crippen molar-refractivity contribution in [1.29, 1.82) is 0 Å². The summed E-state index contributed by atoms with van der Waals surface area (Å²) < 4.78 is 2.40. The van der Waals surface area contributed by atoms with E-state index in [0.717, 1.165) is 32.6 Å². The predicted molar refractivity (Wildman–Crippen MR) is 107 cm³/mol. The quantitative estimate of drug-likeness (QED) is 0.704. The molecule has 0 aliphatic carbocycles. The zero-order valence-electron chi connectivity index (χ0n) is 15.3. The second-order valence-corrected chi connectivity index (χ2v) is 7.78. The SMILES string of the molecule is c1ccc(CC23CN4CCN=C4N2Cc2ccccc2-n2cccc23)cc1. The third kappa shape index (κ3) is 2.07. The van der Waals surface area contributed by atoms with Crippen molar-refractivity contribution >= 4 is 5.96 Å². The summed E-state index contributed by atoms with van der Waals surface area (Å²) in [6.07, 6.45) is 3.21. The van der Waals surface area contributed by atoms with Gasteiger partial charge in [0.05, 0.1) is 24.5 Å². The molecule has 0 bridgehead atoms. The standard InChI is InChI=1S/C23H22N4/c1-2-7-18(8-3-1)15-23-17-25-14-12-24-22(25)27(23)16-19-9-4-5-10-20(19)26-13-6-11-21(23)26/h1-11,13H,12,14-17H2. The van der Waals surface area contributed by atoms with Crippen LogP contribution >= 0.6 is 0 Å². The van der Waals surface area contributed by atoms with E-state index >= 15 is 0 Å². The number of nitrogens with zero attached hydrogens (tertiary/aromatic N) is 4. The zero-order chi connectivity index (χ0) is 17.8. The summed E-state index contributed by atoms with van der Waals surface area (Å²) in [6.45, 7) is 3.85. The Bertz CT molecular complexity index is 1040. The maximum absolute atomic E-state index is 4.90. The first kappa shape index (κ1) is 15.1. The van der Waals surface area contributed by atoms with E-state index in [4.69, 9.17) is 4.99 Å².